The van der Waals surface area contributed by atoms with Crippen molar-refractivity contribution in [1.29, 1.82) is 0 Å². The summed E-state index contributed by atoms with van der Waals surface area (Å²) >= 11 is 0. The topological polar surface area (TPSA) is 76.0 Å². The first-order chi connectivity index (χ1) is 11.7. The van der Waals surface area contributed by atoms with Gasteiger partial charge < -0.3 is 14.6 Å². The van der Waals surface area contributed by atoms with Crippen molar-refractivity contribution >= 4 is 24.9 Å². The number of pyridine rings is 1. The molecular formula is C16H22BFN4O3. The van der Waals surface area contributed by atoms with Crippen LogP contribution in [-0.2, 0) is 14.1 Å². The van der Waals surface area contributed by atoms with Crippen LogP contribution in [0.15, 0.2) is 23.6 Å². The molecule has 0 aromatic carbocycles. The Labute approximate surface area is 146 Å². The smallest absolute Gasteiger partial charge is 0.403 e. The summed E-state index contributed by atoms with van der Waals surface area (Å²) in [6.45, 7) is 8.50. The van der Waals surface area contributed by atoms with Gasteiger partial charge in [0.05, 0.1) is 28.9 Å². The molecule has 1 fully saturated rings. The Hall–Kier alpha value is -2.00. The number of nitrogens with zero attached hydrogens (tertiary/aromatic N) is 3. The number of amides is 1. The number of halogens is 1. The summed E-state index contributed by atoms with van der Waals surface area (Å²) in [5, 5.41) is 8.37. The van der Waals surface area contributed by atoms with Crippen LogP contribution in [0.2, 0.25) is 5.82 Å². The van der Waals surface area contributed by atoms with E-state index in [1.54, 1.807) is 11.2 Å². The quantitative estimate of drug-likeness (QED) is 0.842. The summed E-state index contributed by atoms with van der Waals surface area (Å²) in [6, 6.07) is 1.41. The number of hydrogen-bond acceptors (Lipinski definition) is 6. The molecule has 0 aliphatic carbocycles. The highest BCUT2D eigenvalue weighted by molar-refractivity contribution is 6.52. The van der Waals surface area contributed by atoms with Gasteiger partial charge in [-0.05, 0) is 33.8 Å². The van der Waals surface area contributed by atoms with E-state index in [1.807, 2.05) is 27.7 Å². The minimum Gasteiger partial charge on any atom is -0.403 e. The molecule has 0 bridgehead atoms. The highest BCUT2D eigenvalue weighted by atomic mass is 19.1. The van der Waals surface area contributed by atoms with Crippen molar-refractivity contribution in [1.82, 2.24) is 9.99 Å². The zero-order valence-electron chi connectivity index (χ0n) is 14.8. The molecule has 3 rings (SSSR count). The second-order valence-corrected chi connectivity index (χ2v) is 7.30. The molecular weight excluding hydrogens is 326 g/mol. The lowest BCUT2D eigenvalue weighted by Crippen LogP contribution is -2.41. The van der Waals surface area contributed by atoms with Gasteiger partial charge in [0.15, 0.2) is 5.82 Å². The maximum absolute atomic E-state index is 13.5. The van der Waals surface area contributed by atoms with Crippen LogP contribution < -0.4 is 5.32 Å². The van der Waals surface area contributed by atoms with Gasteiger partial charge in [0.2, 0.25) is 5.91 Å². The molecule has 2 aliphatic rings. The molecule has 1 saturated heterocycles. The number of hydrogen-bond donors (Lipinski definition) is 1. The maximum atomic E-state index is 13.5. The third-order valence-corrected chi connectivity index (χ3v) is 4.84. The van der Waals surface area contributed by atoms with Crippen molar-refractivity contribution < 1.29 is 18.5 Å². The largest absolute Gasteiger partial charge is 0.468 e. The van der Waals surface area contributed by atoms with Crippen LogP contribution in [-0.4, -0.2) is 53.5 Å². The molecule has 1 aromatic rings. The highest BCUT2D eigenvalue weighted by Crippen LogP contribution is 2.40. The van der Waals surface area contributed by atoms with Gasteiger partial charge in [-0.1, -0.05) is 0 Å². The Morgan fingerprint density at radius 1 is 1.40 bits per heavy atom. The zero-order valence-corrected chi connectivity index (χ0v) is 14.8. The van der Waals surface area contributed by atoms with Gasteiger partial charge in [-0.25, -0.2) is 4.39 Å². The molecule has 0 spiro atoms. The molecule has 1 unspecified atom stereocenters. The monoisotopic (exact) mass is 348 g/mol. The number of anilines is 1. The summed E-state index contributed by atoms with van der Waals surface area (Å²) in [4.78, 5) is 15.7. The van der Waals surface area contributed by atoms with Crippen molar-refractivity contribution in [3.63, 3.8) is 0 Å². The van der Waals surface area contributed by atoms with Gasteiger partial charge in [-0.15, -0.1) is 0 Å². The molecule has 1 aromatic heterocycles. The van der Waals surface area contributed by atoms with E-state index in [9.17, 15) is 9.18 Å². The highest BCUT2D eigenvalue weighted by Gasteiger charge is 2.54. The Morgan fingerprint density at radius 2 is 2.08 bits per heavy atom. The normalized spacial score (nSPS) is 24.0. The molecule has 1 N–H and O–H groups in total. The summed E-state index contributed by atoms with van der Waals surface area (Å²) < 4.78 is 25.6. The van der Waals surface area contributed by atoms with Crippen molar-refractivity contribution in [3.05, 3.63) is 24.3 Å². The average molecular weight is 348 g/mol. The minimum atomic E-state index is -0.573. The molecule has 7 nitrogen and oxygen atoms in total. The van der Waals surface area contributed by atoms with Crippen molar-refractivity contribution in [2.24, 2.45) is 5.10 Å². The van der Waals surface area contributed by atoms with E-state index < -0.39 is 24.1 Å². The van der Waals surface area contributed by atoms with Crippen molar-refractivity contribution in [3.8, 4) is 0 Å². The number of carbonyl (C=O) groups excluding carboxylic acids is 1. The maximum Gasteiger partial charge on any atom is 0.468 e. The first kappa shape index (κ1) is 17.8. The Bertz CT molecular complexity index is 682. The first-order valence-electron chi connectivity index (χ1n) is 8.22. The molecule has 0 saturated carbocycles. The fraction of sp³-hybridized carbons (Fsp3) is 0.562. The second kappa shape index (κ2) is 6.38. The number of hydrazone groups is 1. The lowest BCUT2D eigenvalue weighted by atomic mass is 9.73. The van der Waals surface area contributed by atoms with E-state index >= 15 is 0 Å². The fourth-order valence-electron chi connectivity index (χ4n) is 2.67. The third-order valence-electron chi connectivity index (χ3n) is 4.84. The lowest BCUT2D eigenvalue weighted by Gasteiger charge is -2.32. The van der Waals surface area contributed by atoms with Gasteiger partial charge in [0.1, 0.15) is 6.54 Å². The van der Waals surface area contributed by atoms with Crippen molar-refractivity contribution in [2.45, 2.75) is 44.7 Å². The Balaban J connectivity index is 1.53. The van der Waals surface area contributed by atoms with Crippen LogP contribution in [0.5, 0.6) is 0 Å². The molecule has 1 amide bonds. The van der Waals surface area contributed by atoms with E-state index in [0.717, 1.165) is 6.20 Å². The van der Waals surface area contributed by atoms with Crippen LogP contribution in [0.1, 0.15) is 27.7 Å². The van der Waals surface area contributed by atoms with Gasteiger partial charge in [0.25, 0.3) is 0 Å². The van der Waals surface area contributed by atoms with Crippen molar-refractivity contribution in [2.75, 3.05) is 18.4 Å². The van der Waals surface area contributed by atoms with E-state index in [2.05, 4.69) is 15.4 Å². The summed E-state index contributed by atoms with van der Waals surface area (Å²) in [5.74, 6) is -0.987. The summed E-state index contributed by atoms with van der Waals surface area (Å²) in [5.41, 5.74) is -0.713. The molecule has 25 heavy (non-hydrogen) atoms. The second-order valence-electron chi connectivity index (χ2n) is 7.30. The van der Waals surface area contributed by atoms with E-state index in [4.69, 9.17) is 9.31 Å². The van der Waals surface area contributed by atoms with Crippen LogP contribution in [0.3, 0.4) is 0 Å². The number of aromatic nitrogens is 1. The summed E-state index contributed by atoms with van der Waals surface area (Å²) in [7, 11) is -0.403. The molecule has 1 atom stereocenters. The number of carbonyl (C=O) groups is 1. The van der Waals surface area contributed by atoms with E-state index in [-0.39, 0.29) is 24.0 Å². The van der Waals surface area contributed by atoms with Gasteiger partial charge >= 0.3 is 7.12 Å². The van der Waals surface area contributed by atoms with E-state index in [0.29, 0.717) is 6.54 Å². The number of rotatable bonds is 4. The first-order valence-corrected chi connectivity index (χ1v) is 8.22. The predicted octanol–water partition coefficient (Wildman–Crippen LogP) is 1.92. The molecule has 134 valence electrons. The fourth-order valence-corrected chi connectivity index (χ4v) is 2.67. The lowest BCUT2D eigenvalue weighted by molar-refractivity contribution is -0.117. The molecule has 0 radical (unpaired) electrons. The molecule has 9 heteroatoms. The SMILES string of the molecule is CC1(C)OB(C2C=NN(CC(=O)Nc3ccncc3F)C2)OC1(C)C. The average Bonchev–Trinajstić information content (AvgIpc) is 3.04. The van der Waals surface area contributed by atoms with Gasteiger partial charge in [0, 0.05) is 19.0 Å². The van der Waals surface area contributed by atoms with Crippen LogP contribution in [0.4, 0.5) is 10.1 Å². The molecule has 3 heterocycles. The van der Waals surface area contributed by atoms with Crippen LogP contribution in [0.25, 0.3) is 0 Å². The summed E-state index contributed by atoms with van der Waals surface area (Å²) in [6.07, 6.45) is 4.21. The number of nitrogens with one attached hydrogen (secondary N) is 1. The van der Waals surface area contributed by atoms with E-state index in [1.165, 1.54) is 12.3 Å². The minimum absolute atomic E-state index is 0.0221. The standard InChI is InChI=1S/C16H22BFN4O3/c1-15(2)16(3,4)25-17(24-15)11-7-20-22(9-11)10-14(23)21-13-5-6-19-8-12(13)18/h5-8,11H,9-10H2,1-4H3,(H,19,21,23). The van der Waals surface area contributed by atoms with Crippen LogP contribution in [0, 0.1) is 5.82 Å². The van der Waals surface area contributed by atoms with Gasteiger partial charge in [-0.3, -0.25) is 14.8 Å². The van der Waals surface area contributed by atoms with Crippen LogP contribution >= 0.6 is 0 Å². The Kier molecular flexibility index (Phi) is 4.55. The molecule has 2 aliphatic heterocycles. The predicted molar refractivity (Wildman–Crippen MR) is 92.7 cm³/mol. The third kappa shape index (κ3) is 3.67. The zero-order chi connectivity index (χ0) is 18.2. The Morgan fingerprint density at radius 3 is 2.72 bits per heavy atom. The van der Waals surface area contributed by atoms with Gasteiger partial charge in [-0.2, -0.15) is 5.10 Å².